The van der Waals surface area contributed by atoms with Crippen molar-refractivity contribution in [3.05, 3.63) is 29.8 Å². The summed E-state index contributed by atoms with van der Waals surface area (Å²) >= 11 is 0. The second-order valence-electron chi connectivity index (χ2n) is 6.31. The van der Waals surface area contributed by atoms with Gasteiger partial charge in [-0.1, -0.05) is 19.1 Å². The smallest absolute Gasteiger partial charge is 0.306 e. The molecule has 1 saturated heterocycles. The SMILES string of the molecule is C[C@@H](Cc1ccc(NC(=O)[C@@]2(C)CCCOC2)cc1)C(=O)O. The van der Waals surface area contributed by atoms with Crippen molar-refractivity contribution in [2.75, 3.05) is 18.5 Å². The van der Waals surface area contributed by atoms with Crippen LogP contribution in [0.5, 0.6) is 0 Å². The summed E-state index contributed by atoms with van der Waals surface area (Å²) < 4.78 is 5.41. The Hall–Kier alpha value is -1.88. The quantitative estimate of drug-likeness (QED) is 0.877. The molecule has 1 fully saturated rings. The Morgan fingerprint density at radius 1 is 1.36 bits per heavy atom. The molecule has 2 N–H and O–H groups in total. The molecule has 1 heterocycles. The van der Waals surface area contributed by atoms with Crippen LogP contribution >= 0.6 is 0 Å². The van der Waals surface area contributed by atoms with Crippen LogP contribution in [-0.4, -0.2) is 30.2 Å². The Labute approximate surface area is 130 Å². The first-order valence-electron chi connectivity index (χ1n) is 7.62. The third-order valence-corrected chi connectivity index (χ3v) is 4.16. The van der Waals surface area contributed by atoms with Crippen molar-refractivity contribution in [3.8, 4) is 0 Å². The van der Waals surface area contributed by atoms with E-state index in [1.807, 2.05) is 31.2 Å². The molecule has 0 saturated carbocycles. The summed E-state index contributed by atoms with van der Waals surface area (Å²) in [5, 5.41) is 11.8. The first kappa shape index (κ1) is 16.5. The zero-order valence-electron chi connectivity index (χ0n) is 13.1. The summed E-state index contributed by atoms with van der Waals surface area (Å²) in [5.41, 5.74) is 1.19. The topological polar surface area (TPSA) is 75.6 Å². The molecule has 1 aliphatic rings. The highest BCUT2D eigenvalue weighted by Crippen LogP contribution is 2.29. The molecule has 1 aromatic carbocycles. The van der Waals surface area contributed by atoms with Gasteiger partial charge in [0.25, 0.3) is 0 Å². The molecule has 5 nitrogen and oxygen atoms in total. The minimum absolute atomic E-state index is 0.0288. The summed E-state index contributed by atoms with van der Waals surface area (Å²) in [6.45, 7) is 4.78. The van der Waals surface area contributed by atoms with Gasteiger partial charge in [0.15, 0.2) is 0 Å². The molecule has 5 heteroatoms. The molecule has 0 radical (unpaired) electrons. The van der Waals surface area contributed by atoms with Crippen molar-refractivity contribution in [3.63, 3.8) is 0 Å². The predicted molar refractivity (Wildman–Crippen MR) is 83.7 cm³/mol. The van der Waals surface area contributed by atoms with E-state index >= 15 is 0 Å². The van der Waals surface area contributed by atoms with E-state index in [4.69, 9.17) is 9.84 Å². The molecule has 1 aromatic rings. The standard InChI is InChI=1S/C17H23NO4/c1-12(15(19)20)10-13-4-6-14(7-5-13)18-16(21)17(2)8-3-9-22-11-17/h4-7,12H,3,8-11H2,1-2H3,(H,18,21)(H,19,20)/t12-,17-/m0/s1. The Bertz CT molecular complexity index is 532. The molecule has 0 unspecified atom stereocenters. The highest BCUT2D eigenvalue weighted by atomic mass is 16.5. The van der Waals surface area contributed by atoms with Crippen LogP contribution < -0.4 is 5.32 Å². The van der Waals surface area contributed by atoms with Crippen molar-refractivity contribution in [1.29, 1.82) is 0 Å². The molecule has 0 aliphatic carbocycles. The summed E-state index contributed by atoms with van der Waals surface area (Å²) in [7, 11) is 0. The zero-order valence-corrected chi connectivity index (χ0v) is 13.1. The number of benzene rings is 1. The first-order valence-corrected chi connectivity index (χ1v) is 7.62. The van der Waals surface area contributed by atoms with Crippen LogP contribution in [0.15, 0.2) is 24.3 Å². The molecule has 22 heavy (non-hydrogen) atoms. The number of hydrogen-bond acceptors (Lipinski definition) is 3. The van der Waals surface area contributed by atoms with Crippen LogP contribution in [0.1, 0.15) is 32.3 Å². The highest BCUT2D eigenvalue weighted by Gasteiger charge is 2.35. The molecule has 0 spiro atoms. The van der Waals surface area contributed by atoms with Crippen LogP contribution in [0.3, 0.4) is 0 Å². The number of hydrogen-bond donors (Lipinski definition) is 2. The Morgan fingerprint density at radius 3 is 2.59 bits per heavy atom. The fourth-order valence-electron chi connectivity index (χ4n) is 2.56. The van der Waals surface area contributed by atoms with E-state index < -0.39 is 17.3 Å². The highest BCUT2D eigenvalue weighted by molar-refractivity contribution is 5.95. The third kappa shape index (κ3) is 4.07. The number of ether oxygens (including phenoxy) is 1. The van der Waals surface area contributed by atoms with Gasteiger partial charge in [-0.3, -0.25) is 9.59 Å². The van der Waals surface area contributed by atoms with Crippen molar-refractivity contribution < 1.29 is 19.4 Å². The monoisotopic (exact) mass is 305 g/mol. The fraction of sp³-hybridized carbons (Fsp3) is 0.529. The molecular formula is C17H23NO4. The molecule has 120 valence electrons. The number of nitrogens with one attached hydrogen (secondary N) is 1. The van der Waals surface area contributed by atoms with E-state index in [0.29, 0.717) is 13.0 Å². The Kier molecular flexibility index (Phi) is 5.19. The van der Waals surface area contributed by atoms with Crippen LogP contribution in [0.4, 0.5) is 5.69 Å². The fourth-order valence-corrected chi connectivity index (χ4v) is 2.56. The van der Waals surface area contributed by atoms with Crippen molar-refractivity contribution in [2.24, 2.45) is 11.3 Å². The average molecular weight is 305 g/mol. The normalized spacial score (nSPS) is 22.8. The predicted octanol–water partition coefficient (Wildman–Crippen LogP) is 2.71. The summed E-state index contributed by atoms with van der Waals surface area (Å²) in [6.07, 6.45) is 2.21. The summed E-state index contributed by atoms with van der Waals surface area (Å²) in [5.74, 6) is -1.25. The maximum atomic E-state index is 12.4. The van der Waals surface area contributed by atoms with Gasteiger partial charge < -0.3 is 15.2 Å². The molecule has 0 aromatic heterocycles. The number of anilines is 1. The Morgan fingerprint density at radius 2 is 2.05 bits per heavy atom. The number of carbonyl (C=O) groups excluding carboxylic acids is 1. The van der Waals surface area contributed by atoms with Gasteiger partial charge in [0.1, 0.15) is 0 Å². The lowest BCUT2D eigenvalue weighted by Gasteiger charge is -2.31. The lowest BCUT2D eigenvalue weighted by Crippen LogP contribution is -2.40. The van der Waals surface area contributed by atoms with Gasteiger partial charge >= 0.3 is 5.97 Å². The number of aliphatic carboxylic acids is 1. The number of rotatable bonds is 5. The van der Waals surface area contributed by atoms with Crippen LogP contribution in [0.25, 0.3) is 0 Å². The third-order valence-electron chi connectivity index (χ3n) is 4.16. The summed E-state index contributed by atoms with van der Waals surface area (Å²) in [4.78, 5) is 23.2. The van der Waals surface area contributed by atoms with E-state index in [0.717, 1.165) is 30.7 Å². The number of carboxylic acids is 1. The second kappa shape index (κ2) is 6.92. The minimum atomic E-state index is -0.803. The van der Waals surface area contributed by atoms with Crippen molar-refractivity contribution in [1.82, 2.24) is 0 Å². The molecule has 0 bridgehead atoms. The number of carboxylic acid groups (broad SMARTS) is 1. The van der Waals surface area contributed by atoms with Gasteiger partial charge in [-0.15, -0.1) is 0 Å². The van der Waals surface area contributed by atoms with Gasteiger partial charge in [-0.05, 0) is 43.9 Å². The van der Waals surface area contributed by atoms with E-state index in [1.54, 1.807) is 6.92 Å². The lowest BCUT2D eigenvalue weighted by atomic mass is 9.84. The van der Waals surface area contributed by atoms with Crippen LogP contribution in [-0.2, 0) is 20.7 Å². The maximum absolute atomic E-state index is 12.4. The Balaban J connectivity index is 1.96. The van der Waals surface area contributed by atoms with Crippen LogP contribution in [0, 0.1) is 11.3 Å². The van der Waals surface area contributed by atoms with E-state index in [-0.39, 0.29) is 5.91 Å². The largest absolute Gasteiger partial charge is 0.481 e. The molecule has 2 atom stereocenters. The van der Waals surface area contributed by atoms with Gasteiger partial charge in [-0.2, -0.15) is 0 Å². The van der Waals surface area contributed by atoms with Crippen molar-refractivity contribution in [2.45, 2.75) is 33.1 Å². The first-order chi connectivity index (χ1) is 10.4. The second-order valence-corrected chi connectivity index (χ2v) is 6.31. The molecule has 1 aliphatic heterocycles. The molecule has 2 rings (SSSR count). The number of carbonyl (C=O) groups is 2. The average Bonchev–Trinajstić information content (AvgIpc) is 2.49. The molecule has 1 amide bonds. The van der Waals surface area contributed by atoms with E-state index in [2.05, 4.69) is 5.32 Å². The number of amides is 1. The summed E-state index contributed by atoms with van der Waals surface area (Å²) in [6, 6.07) is 7.34. The van der Waals surface area contributed by atoms with E-state index in [9.17, 15) is 9.59 Å². The molecular weight excluding hydrogens is 282 g/mol. The van der Waals surface area contributed by atoms with E-state index in [1.165, 1.54) is 0 Å². The lowest BCUT2D eigenvalue weighted by molar-refractivity contribution is -0.141. The zero-order chi connectivity index (χ0) is 16.2. The van der Waals surface area contributed by atoms with Gasteiger partial charge in [0.05, 0.1) is 17.9 Å². The minimum Gasteiger partial charge on any atom is -0.481 e. The van der Waals surface area contributed by atoms with Gasteiger partial charge in [0.2, 0.25) is 5.91 Å². The van der Waals surface area contributed by atoms with Crippen LogP contribution in [0.2, 0.25) is 0 Å². The van der Waals surface area contributed by atoms with Crippen molar-refractivity contribution >= 4 is 17.6 Å². The van der Waals surface area contributed by atoms with Gasteiger partial charge in [0, 0.05) is 12.3 Å². The maximum Gasteiger partial charge on any atom is 0.306 e. The van der Waals surface area contributed by atoms with Gasteiger partial charge in [-0.25, -0.2) is 0 Å².